The molecule has 0 saturated carbocycles. The second-order valence-corrected chi connectivity index (χ2v) is 3.82. The van der Waals surface area contributed by atoms with Crippen molar-refractivity contribution in [3.63, 3.8) is 0 Å². The van der Waals surface area contributed by atoms with Gasteiger partial charge in [0, 0.05) is 0 Å². The van der Waals surface area contributed by atoms with Crippen LogP contribution in [0.4, 0.5) is 0 Å². The van der Waals surface area contributed by atoms with E-state index >= 15 is 0 Å². The smallest absolute Gasteiger partial charge is 0.246 e. The highest BCUT2D eigenvalue weighted by Crippen LogP contribution is 2.18. The maximum Gasteiger partial charge on any atom is 0.246 e. The van der Waals surface area contributed by atoms with Crippen LogP contribution in [0.15, 0.2) is 36.9 Å². The standard InChI is InChI=1S/C13H12N2O2/c1-2-13(16)15-8-12(9-15)17-11-5-3-10(7-14)4-6-11/h2-6,12H,1,8-9H2. The number of likely N-dealkylation sites (tertiary alicyclic amines) is 1. The van der Waals surface area contributed by atoms with Crippen molar-refractivity contribution in [3.8, 4) is 11.8 Å². The molecule has 17 heavy (non-hydrogen) atoms. The summed E-state index contributed by atoms with van der Waals surface area (Å²) in [6.07, 6.45) is 1.34. The molecule has 2 rings (SSSR count). The normalized spacial score (nSPS) is 14.6. The molecule has 0 atom stereocenters. The number of ether oxygens (including phenoxy) is 1. The van der Waals surface area contributed by atoms with Crippen molar-refractivity contribution < 1.29 is 9.53 Å². The van der Waals surface area contributed by atoms with E-state index in [0.717, 1.165) is 5.75 Å². The molecule has 1 aliphatic rings. The maximum atomic E-state index is 11.2. The van der Waals surface area contributed by atoms with Crippen molar-refractivity contribution in [1.29, 1.82) is 5.26 Å². The lowest BCUT2D eigenvalue weighted by Gasteiger charge is -2.38. The number of hydrogen-bond donors (Lipinski definition) is 0. The Bertz CT molecular complexity index is 467. The van der Waals surface area contributed by atoms with Crippen LogP contribution < -0.4 is 4.74 Å². The molecule has 1 amide bonds. The lowest BCUT2D eigenvalue weighted by atomic mass is 10.1. The Morgan fingerprint density at radius 3 is 2.65 bits per heavy atom. The van der Waals surface area contributed by atoms with Crippen molar-refractivity contribution >= 4 is 5.91 Å². The SMILES string of the molecule is C=CC(=O)N1CC(Oc2ccc(C#N)cc2)C1. The molecule has 0 radical (unpaired) electrons. The van der Waals surface area contributed by atoms with Gasteiger partial charge in [-0.3, -0.25) is 4.79 Å². The van der Waals surface area contributed by atoms with E-state index in [1.54, 1.807) is 29.2 Å². The maximum absolute atomic E-state index is 11.2. The van der Waals surface area contributed by atoms with Gasteiger partial charge in [-0.05, 0) is 30.3 Å². The molecule has 4 heteroatoms. The first kappa shape index (κ1) is 11.2. The predicted octanol–water partition coefficient (Wildman–Crippen LogP) is 1.33. The molecule has 1 aliphatic heterocycles. The molecular formula is C13H12N2O2. The largest absolute Gasteiger partial charge is 0.487 e. The Morgan fingerprint density at radius 1 is 1.47 bits per heavy atom. The van der Waals surface area contributed by atoms with Gasteiger partial charge in [-0.25, -0.2) is 0 Å². The number of rotatable bonds is 3. The highest BCUT2D eigenvalue weighted by atomic mass is 16.5. The van der Waals surface area contributed by atoms with Gasteiger partial charge in [0.25, 0.3) is 0 Å². The number of nitriles is 1. The molecule has 0 N–H and O–H groups in total. The molecule has 1 aromatic carbocycles. The summed E-state index contributed by atoms with van der Waals surface area (Å²) in [5, 5.41) is 8.65. The number of carbonyl (C=O) groups excluding carboxylic acids is 1. The minimum absolute atomic E-state index is 0.0341. The van der Waals surface area contributed by atoms with Gasteiger partial charge in [-0.2, -0.15) is 5.26 Å². The van der Waals surface area contributed by atoms with Crippen LogP contribution in [-0.4, -0.2) is 30.0 Å². The number of hydrogen-bond acceptors (Lipinski definition) is 3. The third kappa shape index (κ3) is 2.45. The molecule has 0 spiro atoms. The van der Waals surface area contributed by atoms with E-state index in [9.17, 15) is 4.79 Å². The summed E-state index contributed by atoms with van der Waals surface area (Å²) < 4.78 is 5.64. The third-order valence-corrected chi connectivity index (χ3v) is 2.62. The van der Waals surface area contributed by atoms with E-state index in [2.05, 4.69) is 6.58 Å². The number of nitrogens with zero attached hydrogens (tertiary/aromatic N) is 2. The molecule has 0 bridgehead atoms. The summed E-state index contributed by atoms with van der Waals surface area (Å²) in [6, 6.07) is 8.98. The monoisotopic (exact) mass is 228 g/mol. The van der Waals surface area contributed by atoms with E-state index in [4.69, 9.17) is 10.00 Å². The Morgan fingerprint density at radius 2 is 2.12 bits per heavy atom. The molecular weight excluding hydrogens is 216 g/mol. The van der Waals surface area contributed by atoms with E-state index in [-0.39, 0.29) is 12.0 Å². The van der Waals surface area contributed by atoms with Gasteiger partial charge in [0.15, 0.2) is 0 Å². The zero-order valence-electron chi connectivity index (χ0n) is 9.30. The fraction of sp³-hybridized carbons (Fsp3) is 0.231. The van der Waals surface area contributed by atoms with Crippen LogP contribution in [0.1, 0.15) is 5.56 Å². The second kappa shape index (κ2) is 4.71. The lowest BCUT2D eigenvalue weighted by Crippen LogP contribution is -2.55. The summed E-state index contributed by atoms with van der Waals surface area (Å²) in [4.78, 5) is 12.9. The number of benzene rings is 1. The Hall–Kier alpha value is -2.28. The fourth-order valence-electron chi connectivity index (χ4n) is 1.62. The predicted molar refractivity (Wildman–Crippen MR) is 62.4 cm³/mol. The zero-order chi connectivity index (χ0) is 12.3. The van der Waals surface area contributed by atoms with Gasteiger partial charge < -0.3 is 9.64 Å². The Balaban J connectivity index is 1.85. The summed E-state index contributed by atoms with van der Waals surface area (Å²) in [7, 11) is 0. The van der Waals surface area contributed by atoms with Gasteiger partial charge in [-0.15, -0.1) is 0 Å². The van der Waals surface area contributed by atoms with Crippen molar-refractivity contribution in [3.05, 3.63) is 42.5 Å². The second-order valence-electron chi connectivity index (χ2n) is 3.82. The summed E-state index contributed by atoms with van der Waals surface area (Å²) in [5.74, 6) is 0.657. The minimum Gasteiger partial charge on any atom is -0.487 e. The molecule has 0 unspecified atom stereocenters. The first-order valence-corrected chi connectivity index (χ1v) is 5.31. The fourth-order valence-corrected chi connectivity index (χ4v) is 1.62. The van der Waals surface area contributed by atoms with Crippen molar-refractivity contribution in [2.45, 2.75) is 6.10 Å². The topological polar surface area (TPSA) is 53.3 Å². The molecule has 0 aliphatic carbocycles. The van der Waals surface area contributed by atoms with Crippen LogP contribution in [0.3, 0.4) is 0 Å². The van der Waals surface area contributed by atoms with Crippen molar-refractivity contribution in [1.82, 2.24) is 4.90 Å². The first-order valence-electron chi connectivity index (χ1n) is 5.31. The van der Waals surface area contributed by atoms with Crippen LogP contribution in [0.2, 0.25) is 0 Å². The van der Waals surface area contributed by atoms with E-state index < -0.39 is 0 Å². The molecule has 4 nitrogen and oxygen atoms in total. The zero-order valence-corrected chi connectivity index (χ0v) is 9.30. The average molecular weight is 228 g/mol. The lowest BCUT2D eigenvalue weighted by molar-refractivity contribution is -0.134. The number of carbonyl (C=O) groups is 1. The van der Waals surface area contributed by atoms with Gasteiger partial charge >= 0.3 is 0 Å². The van der Waals surface area contributed by atoms with Crippen molar-refractivity contribution in [2.24, 2.45) is 0 Å². The molecule has 86 valence electrons. The summed E-state index contributed by atoms with van der Waals surface area (Å²) in [5.41, 5.74) is 0.606. The van der Waals surface area contributed by atoms with Crippen LogP contribution in [0, 0.1) is 11.3 Å². The van der Waals surface area contributed by atoms with Crippen LogP contribution in [0.25, 0.3) is 0 Å². The Labute approximate surface area is 99.7 Å². The van der Waals surface area contributed by atoms with Crippen LogP contribution >= 0.6 is 0 Å². The summed E-state index contributed by atoms with van der Waals surface area (Å²) in [6.45, 7) is 4.61. The summed E-state index contributed by atoms with van der Waals surface area (Å²) >= 11 is 0. The van der Waals surface area contributed by atoms with Gasteiger partial charge in [0.1, 0.15) is 11.9 Å². The highest BCUT2D eigenvalue weighted by Gasteiger charge is 2.30. The minimum atomic E-state index is -0.0651. The van der Waals surface area contributed by atoms with Crippen molar-refractivity contribution in [2.75, 3.05) is 13.1 Å². The molecule has 1 fully saturated rings. The molecule has 1 saturated heterocycles. The highest BCUT2D eigenvalue weighted by molar-refractivity contribution is 5.87. The van der Waals surface area contributed by atoms with Crippen LogP contribution in [0.5, 0.6) is 5.75 Å². The quantitative estimate of drug-likeness (QED) is 0.733. The first-order chi connectivity index (χ1) is 8.22. The molecule has 0 aromatic heterocycles. The van der Waals surface area contributed by atoms with E-state index in [1.165, 1.54) is 6.08 Å². The van der Waals surface area contributed by atoms with Gasteiger partial charge in [0.05, 0.1) is 24.7 Å². The number of amides is 1. The van der Waals surface area contributed by atoms with E-state index in [1.807, 2.05) is 6.07 Å². The third-order valence-electron chi connectivity index (χ3n) is 2.62. The molecule has 1 heterocycles. The Kier molecular flexibility index (Phi) is 3.10. The van der Waals surface area contributed by atoms with Crippen LogP contribution in [-0.2, 0) is 4.79 Å². The molecule has 1 aromatic rings. The van der Waals surface area contributed by atoms with Gasteiger partial charge in [-0.1, -0.05) is 6.58 Å². The van der Waals surface area contributed by atoms with Gasteiger partial charge in [0.2, 0.25) is 5.91 Å². The van der Waals surface area contributed by atoms with E-state index in [0.29, 0.717) is 18.7 Å². The average Bonchev–Trinajstić information content (AvgIpc) is 2.33.